The molecule has 0 spiro atoms. The first kappa shape index (κ1) is 16.4. The molecule has 1 aromatic rings. The second-order valence-corrected chi connectivity index (χ2v) is 4.15. The molecule has 0 bridgehead atoms. The van der Waals surface area contributed by atoms with Crippen molar-refractivity contribution in [3.05, 3.63) is 29.6 Å². The van der Waals surface area contributed by atoms with E-state index in [0.717, 1.165) is 6.07 Å². The lowest BCUT2D eigenvalue weighted by Crippen LogP contribution is -2.31. The van der Waals surface area contributed by atoms with Crippen LogP contribution in [0.15, 0.2) is 18.2 Å². The Morgan fingerprint density at radius 3 is 2.71 bits per heavy atom. The van der Waals surface area contributed by atoms with Gasteiger partial charge in [-0.25, -0.2) is 9.18 Å². The van der Waals surface area contributed by atoms with Gasteiger partial charge in [-0.2, -0.15) is 5.26 Å². The highest BCUT2D eigenvalue weighted by Crippen LogP contribution is 2.18. The quantitative estimate of drug-likeness (QED) is 0.740. The Morgan fingerprint density at radius 2 is 2.14 bits per heavy atom. The number of hydrogen-bond acceptors (Lipinski definition) is 5. The van der Waals surface area contributed by atoms with Crippen LogP contribution in [0.5, 0.6) is 5.75 Å². The molecule has 0 unspecified atom stereocenters. The van der Waals surface area contributed by atoms with Crippen molar-refractivity contribution in [3.8, 4) is 11.8 Å². The van der Waals surface area contributed by atoms with Crippen LogP contribution in [-0.2, 0) is 9.53 Å². The largest absolute Gasteiger partial charge is 0.494 e. The molecule has 0 radical (unpaired) electrons. The first-order chi connectivity index (χ1) is 9.99. The Labute approximate surface area is 121 Å². The Morgan fingerprint density at radius 1 is 1.43 bits per heavy atom. The van der Waals surface area contributed by atoms with Crippen LogP contribution in [0.4, 0.5) is 4.39 Å². The monoisotopic (exact) mass is 294 g/mol. The molecular formula is C14H15FN2O4. The molecule has 0 aromatic heterocycles. The zero-order chi connectivity index (χ0) is 15.8. The number of nitriles is 1. The van der Waals surface area contributed by atoms with Crippen LogP contribution in [0, 0.1) is 17.1 Å². The van der Waals surface area contributed by atoms with Crippen molar-refractivity contribution in [3.63, 3.8) is 0 Å². The average molecular weight is 294 g/mol. The van der Waals surface area contributed by atoms with Crippen LogP contribution in [0.25, 0.3) is 0 Å². The van der Waals surface area contributed by atoms with Crippen LogP contribution in [0.2, 0.25) is 0 Å². The van der Waals surface area contributed by atoms with E-state index in [4.69, 9.17) is 14.7 Å². The summed E-state index contributed by atoms with van der Waals surface area (Å²) in [6.07, 6.45) is 0.194. The summed E-state index contributed by atoms with van der Waals surface area (Å²) in [5, 5.41) is 8.41. The molecule has 0 saturated carbocycles. The maximum absolute atomic E-state index is 13.4. The number of ether oxygens (including phenoxy) is 2. The van der Waals surface area contributed by atoms with Crippen LogP contribution < -0.4 is 4.74 Å². The molecule has 0 aliphatic rings. The Kier molecular flexibility index (Phi) is 6.14. The van der Waals surface area contributed by atoms with Crippen molar-refractivity contribution in [2.75, 3.05) is 27.3 Å². The second-order valence-electron chi connectivity index (χ2n) is 4.15. The summed E-state index contributed by atoms with van der Waals surface area (Å²) in [6, 6.07) is 5.52. The van der Waals surface area contributed by atoms with E-state index >= 15 is 0 Å². The number of methoxy groups -OCH3 is 1. The topological polar surface area (TPSA) is 79.6 Å². The maximum Gasteiger partial charge on any atom is 0.338 e. The molecule has 112 valence electrons. The van der Waals surface area contributed by atoms with Crippen LogP contribution >= 0.6 is 0 Å². The summed E-state index contributed by atoms with van der Waals surface area (Å²) in [4.78, 5) is 24.6. The first-order valence-corrected chi connectivity index (χ1v) is 6.11. The highest BCUT2D eigenvalue weighted by molar-refractivity contribution is 5.91. The van der Waals surface area contributed by atoms with Gasteiger partial charge in [0.1, 0.15) is 0 Å². The lowest BCUT2D eigenvalue weighted by Gasteiger charge is -2.15. The van der Waals surface area contributed by atoms with E-state index in [-0.39, 0.29) is 24.3 Å². The van der Waals surface area contributed by atoms with Gasteiger partial charge in [0.2, 0.25) is 0 Å². The number of carbonyl (C=O) groups is 2. The molecule has 1 aromatic carbocycles. The lowest BCUT2D eigenvalue weighted by molar-refractivity contribution is -0.133. The van der Waals surface area contributed by atoms with E-state index < -0.39 is 24.3 Å². The number of likely N-dealkylation sites (N-methyl/N-ethyl adjacent to an activating group) is 1. The average Bonchev–Trinajstić information content (AvgIpc) is 2.49. The molecule has 0 atom stereocenters. The van der Waals surface area contributed by atoms with Gasteiger partial charge in [-0.3, -0.25) is 4.79 Å². The molecule has 0 aliphatic carbocycles. The van der Waals surface area contributed by atoms with Crippen molar-refractivity contribution in [1.82, 2.24) is 4.90 Å². The Bertz CT molecular complexity index is 569. The van der Waals surface area contributed by atoms with Gasteiger partial charge < -0.3 is 14.4 Å². The van der Waals surface area contributed by atoms with Crippen molar-refractivity contribution < 1.29 is 23.5 Å². The first-order valence-electron chi connectivity index (χ1n) is 6.11. The van der Waals surface area contributed by atoms with Gasteiger partial charge in [0.05, 0.1) is 25.2 Å². The Hall–Kier alpha value is -2.62. The number of hydrogen-bond donors (Lipinski definition) is 0. The minimum absolute atomic E-state index is 0.0128. The zero-order valence-corrected chi connectivity index (χ0v) is 11.8. The van der Waals surface area contributed by atoms with Crippen molar-refractivity contribution in [2.45, 2.75) is 6.42 Å². The highest BCUT2D eigenvalue weighted by Gasteiger charge is 2.15. The third-order valence-corrected chi connectivity index (χ3v) is 2.70. The fourth-order valence-electron chi connectivity index (χ4n) is 1.46. The van der Waals surface area contributed by atoms with Crippen LogP contribution in [0.3, 0.4) is 0 Å². The van der Waals surface area contributed by atoms with Gasteiger partial charge in [-0.15, -0.1) is 0 Å². The molecule has 0 N–H and O–H groups in total. The van der Waals surface area contributed by atoms with E-state index in [9.17, 15) is 14.0 Å². The SMILES string of the molecule is COc1ccc(C(=O)OCC(=O)N(C)CCC#N)cc1F. The molecule has 7 heteroatoms. The summed E-state index contributed by atoms with van der Waals surface area (Å²) in [7, 11) is 2.81. The molecule has 0 fully saturated rings. The highest BCUT2D eigenvalue weighted by atomic mass is 19.1. The lowest BCUT2D eigenvalue weighted by atomic mass is 10.2. The maximum atomic E-state index is 13.4. The van der Waals surface area contributed by atoms with Crippen LogP contribution in [0.1, 0.15) is 16.8 Å². The number of halogens is 1. The molecule has 0 saturated heterocycles. The number of esters is 1. The third kappa shape index (κ3) is 4.76. The summed E-state index contributed by atoms with van der Waals surface area (Å²) in [5.41, 5.74) is -0.0132. The fraction of sp³-hybridized carbons (Fsp3) is 0.357. The molecule has 0 aliphatic heterocycles. The van der Waals surface area contributed by atoms with E-state index in [1.54, 1.807) is 0 Å². The van der Waals surface area contributed by atoms with Crippen molar-refractivity contribution in [1.29, 1.82) is 5.26 Å². The Balaban J connectivity index is 2.56. The van der Waals surface area contributed by atoms with Gasteiger partial charge in [0, 0.05) is 13.6 Å². The van der Waals surface area contributed by atoms with Crippen molar-refractivity contribution >= 4 is 11.9 Å². The predicted octanol–water partition coefficient (Wildman–Crippen LogP) is 1.36. The smallest absolute Gasteiger partial charge is 0.338 e. The number of rotatable bonds is 6. The van der Waals surface area contributed by atoms with E-state index in [0.29, 0.717) is 0 Å². The number of benzene rings is 1. The van der Waals surface area contributed by atoms with Gasteiger partial charge in [0.25, 0.3) is 5.91 Å². The number of nitrogens with zero attached hydrogens (tertiary/aromatic N) is 2. The molecule has 1 amide bonds. The molecular weight excluding hydrogens is 279 g/mol. The second kappa shape index (κ2) is 7.85. The van der Waals surface area contributed by atoms with E-state index in [1.807, 2.05) is 6.07 Å². The predicted molar refractivity (Wildman–Crippen MR) is 71.1 cm³/mol. The van der Waals surface area contributed by atoms with Gasteiger partial charge in [-0.05, 0) is 18.2 Å². The standard InChI is InChI=1S/C14H15FN2O4/c1-17(7-3-6-16)13(18)9-21-14(19)10-4-5-12(20-2)11(15)8-10/h4-5,8H,3,7,9H2,1-2H3. The zero-order valence-electron chi connectivity index (χ0n) is 11.8. The number of carbonyl (C=O) groups excluding carboxylic acids is 2. The summed E-state index contributed by atoms with van der Waals surface area (Å²) in [6.45, 7) is -0.210. The molecule has 21 heavy (non-hydrogen) atoms. The van der Waals surface area contributed by atoms with E-state index in [1.165, 1.54) is 31.2 Å². The number of amides is 1. The fourth-order valence-corrected chi connectivity index (χ4v) is 1.46. The van der Waals surface area contributed by atoms with Gasteiger partial charge in [0.15, 0.2) is 18.2 Å². The van der Waals surface area contributed by atoms with Crippen molar-refractivity contribution in [2.24, 2.45) is 0 Å². The molecule has 6 nitrogen and oxygen atoms in total. The van der Waals surface area contributed by atoms with E-state index in [2.05, 4.69) is 0 Å². The van der Waals surface area contributed by atoms with Gasteiger partial charge >= 0.3 is 5.97 Å². The van der Waals surface area contributed by atoms with Crippen LogP contribution in [-0.4, -0.2) is 44.1 Å². The summed E-state index contributed by atoms with van der Waals surface area (Å²) in [5.74, 6) is -1.92. The normalized spacial score (nSPS) is 9.62. The summed E-state index contributed by atoms with van der Waals surface area (Å²) >= 11 is 0. The minimum Gasteiger partial charge on any atom is -0.494 e. The third-order valence-electron chi connectivity index (χ3n) is 2.70. The van der Waals surface area contributed by atoms with Gasteiger partial charge in [-0.1, -0.05) is 0 Å². The molecule has 1 rings (SSSR count). The minimum atomic E-state index is -0.807. The molecule has 0 heterocycles. The summed E-state index contributed by atoms with van der Waals surface area (Å²) < 4.78 is 23.0.